The minimum absolute atomic E-state index is 0.0982. The number of hydrogen-bond acceptors (Lipinski definition) is 5. The first-order valence-corrected chi connectivity index (χ1v) is 9.14. The Morgan fingerprint density at radius 3 is 2.52 bits per heavy atom. The van der Waals surface area contributed by atoms with E-state index in [0.717, 1.165) is 33.2 Å². The van der Waals surface area contributed by atoms with Crippen LogP contribution >= 0.6 is 0 Å². The Balaban J connectivity index is 1.79. The Kier molecular flexibility index (Phi) is 3.52. The molecule has 3 heterocycles. The molecule has 1 aromatic carbocycles. The predicted molar refractivity (Wildman–Crippen MR) is 94.5 cm³/mol. The van der Waals surface area contributed by atoms with Gasteiger partial charge < -0.3 is 4.57 Å². The maximum atomic E-state index is 11.4. The van der Waals surface area contributed by atoms with Crippen molar-refractivity contribution in [2.45, 2.75) is 18.4 Å². The molecule has 25 heavy (non-hydrogen) atoms. The van der Waals surface area contributed by atoms with Gasteiger partial charge in [-0.1, -0.05) is 12.1 Å². The Hall–Kier alpha value is -2.84. The minimum Gasteiger partial charge on any atom is -0.325 e. The Morgan fingerprint density at radius 2 is 1.80 bits per heavy atom. The highest BCUT2D eigenvalue weighted by molar-refractivity contribution is 7.89. The third-order valence-corrected chi connectivity index (χ3v) is 5.00. The molecule has 0 aliphatic rings. The van der Waals surface area contributed by atoms with Crippen molar-refractivity contribution in [3.8, 4) is 0 Å². The molecule has 7 nitrogen and oxygen atoms in total. The molecule has 2 N–H and O–H groups in total. The van der Waals surface area contributed by atoms with Crippen LogP contribution in [0.1, 0.15) is 11.3 Å². The van der Waals surface area contributed by atoms with Crippen LogP contribution in [-0.4, -0.2) is 27.9 Å². The molecule has 0 aliphatic carbocycles. The van der Waals surface area contributed by atoms with Crippen LogP contribution in [0.2, 0.25) is 0 Å². The van der Waals surface area contributed by atoms with Gasteiger partial charge in [0.05, 0.1) is 28.5 Å². The zero-order chi connectivity index (χ0) is 17.6. The average molecular weight is 353 g/mol. The van der Waals surface area contributed by atoms with Gasteiger partial charge in [-0.15, -0.1) is 0 Å². The first-order valence-electron chi connectivity index (χ1n) is 7.60. The molecule has 0 saturated heterocycles. The minimum atomic E-state index is -3.68. The molecule has 0 spiro atoms. The van der Waals surface area contributed by atoms with Crippen molar-refractivity contribution in [1.82, 2.24) is 19.5 Å². The van der Waals surface area contributed by atoms with Crippen LogP contribution in [0.15, 0.2) is 53.9 Å². The summed E-state index contributed by atoms with van der Waals surface area (Å²) in [5, 5.41) is 6.07. The van der Waals surface area contributed by atoms with Gasteiger partial charge in [0, 0.05) is 23.8 Å². The molecule has 0 aliphatic heterocycles. The number of rotatable bonds is 3. The fourth-order valence-corrected chi connectivity index (χ4v) is 3.37. The SMILES string of the molecule is Cc1cc2ncc3ncn(Cc4ccc(S(N)(=O)=O)cc4)c3c2cn1. The largest absolute Gasteiger partial charge is 0.325 e. The molecule has 0 atom stereocenters. The Labute approximate surface area is 144 Å². The fourth-order valence-electron chi connectivity index (χ4n) is 2.85. The third kappa shape index (κ3) is 2.86. The second-order valence-corrected chi connectivity index (χ2v) is 7.46. The van der Waals surface area contributed by atoms with Gasteiger partial charge in [-0.3, -0.25) is 9.97 Å². The van der Waals surface area contributed by atoms with Gasteiger partial charge in [0.15, 0.2) is 0 Å². The van der Waals surface area contributed by atoms with Gasteiger partial charge in [0.2, 0.25) is 10.0 Å². The summed E-state index contributed by atoms with van der Waals surface area (Å²) in [4.78, 5) is 13.3. The van der Waals surface area contributed by atoms with E-state index in [1.807, 2.05) is 23.8 Å². The molecule has 0 unspecified atom stereocenters. The number of aryl methyl sites for hydroxylation is 1. The van der Waals surface area contributed by atoms with E-state index in [-0.39, 0.29) is 4.90 Å². The lowest BCUT2D eigenvalue weighted by atomic mass is 10.2. The van der Waals surface area contributed by atoms with Crippen molar-refractivity contribution in [2.24, 2.45) is 5.14 Å². The average Bonchev–Trinajstić information content (AvgIpc) is 2.97. The fraction of sp³-hybridized carbons (Fsp3) is 0.118. The topological polar surface area (TPSA) is 104 Å². The summed E-state index contributed by atoms with van der Waals surface area (Å²) in [6.07, 6.45) is 5.30. The van der Waals surface area contributed by atoms with Crippen molar-refractivity contribution in [2.75, 3.05) is 0 Å². The number of sulfonamides is 1. The highest BCUT2D eigenvalue weighted by Crippen LogP contribution is 2.23. The van der Waals surface area contributed by atoms with Crippen LogP contribution in [0.5, 0.6) is 0 Å². The molecular formula is C17H15N5O2S. The lowest BCUT2D eigenvalue weighted by molar-refractivity contribution is 0.597. The number of hydrogen-bond donors (Lipinski definition) is 1. The van der Waals surface area contributed by atoms with Gasteiger partial charge >= 0.3 is 0 Å². The monoisotopic (exact) mass is 353 g/mol. The number of primary sulfonamides is 1. The summed E-state index contributed by atoms with van der Waals surface area (Å²) in [5.74, 6) is 0. The number of aromatic nitrogens is 4. The molecule has 4 rings (SSSR count). The van der Waals surface area contributed by atoms with E-state index in [9.17, 15) is 8.42 Å². The van der Waals surface area contributed by atoms with E-state index in [1.165, 1.54) is 12.1 Å². The summed E-state index contributed by atoms with van der Waals surface area (Å²) in [5.41, 5.74) is 4.46. The van der Waals surface area contributed by atoms with Crippen molar-refractivity contribution in [1.29, 1.82) is 0 Å². The van der Waals surface area contributed by atoms with E-state index >= 15 is 0 Å². The molecule has 0 radical (unpaired) electrons. The maximum Gasteiger partial charge on any atom is 0.238 e. The Bertz CT molecular complexity index is 1200. The first kappa shape index (κ1) is 15.7. The number of nitrogens with zero attached hydrogens (tertiary/aromatic N) is 4. The molecule has 0 saturated carbocycles. The quantitative estimate of drug-likeness (QED) is 0.606. The molecule has 0 bridgehead atoms. The van der Waals surface area contributed by atoms with Gasteiger partial charge in [-0.05, 0) is 30.7 Å². The predicted octanol–water partition coefficient (Wildman–Crippen LogP) is 1.98. The van der Waals surface area contributed by atoms with Gasteiger partial charge in [0.25, 0.3) is 0 Å². The van der Waals surface area contributed by atoms with Crippen LogP contribution in [0.4, 0.5) is 0 Å². The van der Waals surface area contributed by atoms with Crippen molar-refractivity contribution in [3.63, 3.8) is 0 Å². The zero-order valence-corrected chi connectivity index (χ0v) is 14.2. The summed E-state index contributed by atoms with van der Waals surface area (Å²) in [6, 6.07) is 8.45. The second-order valence-electron chi connectivity index (χ2n) is 5.90. The van der Waals surface area contributed by atoms with Crippen molar-refractivity contribution in [3.05, 3.63) is 60.3 Å². The maximum absolute atomic E-state index is 11.4. The number of pyridine rings is 2. The number of imidazole rings is 1. The molecule has 8 heteroatoms. The van der Waals surface area contributed by atoms with Crippen LogP contribution in [-0.2, 0) is 16.6 Å². The van der Waals surface area contributed by atoms with Gasteiger partial charge in [-0.2, -0.15) is 0 Å². The van der Waals surface area contributed by atoms with Gasteiger partial charge in [-0.25, -0.2) is 18.5 Å². The second kappa shape index (κ2) is 5.61. The van der Waals surface area contributed by atoms with Crippen LogP contribution in [0, 0.1) is 6.92 Å². The molecular weight excluding hydrogens is 338 g/mol. The third-order valence-electron chi connectivity index (χ3n) is 4.07. The van der Waals surface area contributed by atoms with Crippen LogP contribution in [0.25, 0.3) is 21.9 Å². The van der Waals surface area contributed by atoms with E-state index in [1.54, 1.807) is 24.7 Å². The highest BCUT2D eigenvalue weighted by atomic mass is 32.2. The van der Waals surface area contributed by atoms with Crippen LogP contribution < -0.4 is 5.14 Å². The van der Waals surface area contributed by atoms with Crippen LogP contribution in [0.3, 0.4) is 0 Å². The molecule has 3 aromatic heterocycles. The van der Waals surface area contributed by atoms with E-state index in [0.29, 0.717) is 6.54 Å². The molecule has 126 valence electrons. The number of benzene rings is 1. The van der Waals surface area contributed by atoms with Gasteiger partial charge in [0.1, 0.15) is 5.52 Å². The van der Waals surface area contributed by atoms with E-state index in [4.69, 9.17) is 5.14 Å². The summed E-state index contributed by atoms with van der Waals surface area (Å²) >= 11 is 0. The van der Waals surface area contributed by atoms with Crippen molar-refractivity contribution < 1.29 is 8.42 Å². The standard InChI is InChI=1S/C17H15N5O2S/c1-11-6-15-14(7-19-11)17-16(8-20-15)21-10-22(17)9-12-2-4-13(5-3-12)25(18,23)24/h2-8,10H,9H2,1H3,(H2,18,23,24). The smallest absolute Gasteiger partial charge is 0.238 e. The Morgan fingerprint density at radius 1 is 1.04 bits per heavy atom. The summed E-state index contributed by atoms with van der Waals surface area (Å²) in [6.45, 7) is 2.48. The number of nitrogens with two attached hydrogens (primary N) is 1. The summed E-state index contributed by atoms with van der Waals surface area (Å²) < 4.78 is 24.7. The molecule has 0 amide bonds. The lowest BCUT2D eigenvalue weighted by Crippen LogP contribution is -2.12. The normalized spacial score (nSPS) is 12.1. The highest BCUT2D eigenvalue weighted by Gasteiger charge is 2.11. The van der Waals surface area contributed by atoms with E-state index < -0.39 is 10.0 Å². The van der Waals surface area contributed by atoms with Crippen molar-refractivity contribution >= 4 is 32.0 Å². The number of fused-ring (bicyclic) bond motifs is 3. The zero-order valence-electron chi connectivity index (χ0n) is 13.4. The first-order chi connectivity index (χ1) is 11.9. The molecule has 0 fully saturated rings. The lowest BCUT2D eigenvalue weighted by Gasteiger charge is -2.08. The summed E-state index contributed by atoms with van der Waals surface area (Å²) in [7, 11) is -3.68. The van der Waals surface area contributed by atoms with E-state index in [2.05, 4.69) is 15.0 Å². The molecule has 4 aromatic rings.